The van der Waals surface area contributed by atoms with Gasteiger partial charge < -0.3 is 4.52 Å². The smallest absolute Gasteiger partial charge is 0.167 e. The molecule has 1 heterocycles. The zero-order chi connectivity index (χ0) is 10.8. The zero-order valence-corrected chi connectivity index (χ0v) is 10.7. The summed E-state index contributed by atoms with van der Waals surface area (Å²) in [5.74, 6) is 0.337. The molecule has 78 valence electrons. The highest BCUT2D eigenvalue weighted by Crippen LogP contribution is 2.26. The van der Waals surface area contributed by atoms with Crippen LogP contribution in [0.5, 0.6) is 0 Å². The van der Waals surface area contributed by atoms with Crippen LogP contribution in [0.25, 0.3) is 11.3 Å². The van der Waals surface area contributed by atoms with Gasteiger partial charge in [-0.05, 0) is 34.1 Å². The van der Waals surface area contributed by atoms with Crippen LogP contribution < -0.4 is 0 Å². The molecule has 0 atom stereocenters. The average Bonchev–Trinajstić information content (AvgIpc) is 2.70. The maximum absolute atomic E-state index is 13.0. The van der Waals surface area contributed by atoms with Crippen LogP contribution in [0.4, 0.5) is 4.39 Å². The number of hydrogen-bond acceptors (Lipinski definition) is 2. The second-order valence-corrected chi connectivity index (χ2v) is 4.36. The summed E-state index contributed by atoms with van der Waals surface area (Å²) in [6.45, 7) is 0. The summed E-state index contributed by atoms with van der Waals surface area (Å²) in [5, 5.41) is 4.47. The van der Waals surface area contributed by atoms with Gasteiger partial charge in [-0.3, -0.25) is 0 Å². The summed E-state index contributed by atoms with van der Waals surface area (Å²) < 4.78 is 18.5. The molecule has 0 unspecified atom stereocenters. The Morgan fingerprint density at radius 3 is 2.73 bits per heavy atom. The molecule has 15 heavy (non-hydrogen) atoms. The Morgan fingerprint density at radius 2 is 2.13 bits per heavy atom. The summed E-state index contributed by atoms with van der Waals surface area (Å²) in [6, 6.07) is 6.51. The standard InChI is InChI=1S/C10H6Br2FNO/c11-5-7-4-10(15-14-7)6-1-2-9(13)8(12)3-6/h1-4H,5H2. The van der Waals surface area contributed by atoms with Crippen LogP contribution in [0.2, 0.25) is 0 Å². The van der Waals surface area contributed by atoms with Crippen molar-refractivity contribution in [3.05, 3.63) is 40.2 Å². The number of alkyl halides is 1. The molecule has 2 aromatic rings. The number of hydrogen-bond donors (Lipinski definition) is 0. The molecule has 0 fully saturated rings. The first-order valence-corrected chi connectivity index (χ1v) is 6.09. The zero-order valence-electron chi connectivity index (χ0n) is 7.51. The minimum absolute atomic E-state index is 0.293. The molecule has 0 saturated heterocycles. The molecular weight excluding hydrogens is 329 g/mol. The van der Waals surface area contributed by atoms with Crippen molar-refractivity contribution in [1.29, 1.82) is 0 Å². The predicted molar refractivity (Wildman–Crippen MR) is 62.2 cm³/mol. The van der Waals surface area contributed by atoms with E-state index in [1.807, 2.05) is 6.07 Å². The molecule has 1 aromatic carbocycles. The number of aromatic nitrogens is 1. The van der Waals surface area contributed by atoms with E-state index in [4.69, 9.17) is 4.52 Å². The van der Waals surface area contributed by atoms with Gasteiger partial charge in [0.15, 0.2) is 5.76 Å². The molecule has 0 radical (unpaired) electrons. The maximum atomic E-state index is 13.0. The summed E-state index contributed by atoms with van der Waals surface area (Å²) in [4.78, 5) is 0. The number of rotatable bonds is 2. The van der Waals surface area contributed by atoms with E-state index >= 15 is 0 Å². The Bertz CT molecular complexity index is 484. The predicted octanol–water partition coefficient (Wildman–Crippen LogP) is 4.14. The maximum Gasteiger partial charge on any atom is 0.167 e. The first-order valence-electron chi connectivity index (χ1n) is 4.17. The van der Waals surface area contributed by atoms with Gasteiger partial charge in [0.05, 0.1) is 10.2 Å². The summed E-state index contributed by atoms with van der Waals surface area (Å²) in [5.41, 5.74) is 1.61. The van der Waals surface area contributed by atoms with Gasteiger partial charge in [-0.15, -0.1) is 0 Å². The van der Waals surface area contributed by atoms with Gasteiger partial charge in [-0.2, -0.15) is 0 Å². The van der Waals surface area contributed by atoms with Crippen LogP contribution in [0, 0.1) is 5.82 Å². The topological polar surface area (TPSA) is 26.0 Å². The van der Waals surface area contributed by atoms with Gasteiger partial charge in [0.1, 0.15) is 5.82 Å². The van der Waals surface area contributed by atoms with Crippen molar-refractivity contribution in [2.24, 2.45) is 0 Å². The van der Waals surface area contributed by atoms with Crippen molar-refractivity contribution < 1.29 is 8.91 Å². The van der Waals surface area contributed by atoms with Crippen LogP contribution >= 0.6 is 31.9 Å². The quantitative estimate of drug-likeness (QED) is 0.771. The molecule has 0 aliphatic rings. The van der Waals surface area contributed by atoms with Crippen molar-refractivity contribution in [3.8, 4) is 11.3 Å². The van der Waals surface area contributed by atoms with Crippen LogP contribution in [0.1, 0.15) is 5.69 Å². The van der Waals surface area contributed by atoms with E-state index in [0.717, 1.165) is 11.3 Å². The van der Waals surface area contributed by atoms with E-state index in [1.54, 1.807) is 12.1 Å². The molecule has 1 aromatic heterocycles. The van der Waals surface area contributed by atoms with Crippen LogP contribution in [0.15, 0.2) is 33.3 Å². The van der Waals surface area contributed by atoms with Crippen LogP contribution in [-0.2, 0) is 5.33 Å². The molecule has 0 aliphatic carbocycles. The fourth-order valence-electron chi connectivity index (χ4n) is 1.16. The summed E-state index contributed by atoms with van der Waals surface area (Å²) in [6.07, 6.45) is 0. The molecule has 0 saturated carbocycles. The Labute approximate surface area is 103 Å². The summed E-state index contributed by atoms with van der Waals surface area (Å²) in [7, 11) is 0. The minimum Gasteiger partial charge on any atom is -0.356 e. The molecule has 0 spiro atoms. The van der Waals surface area contributed by atoms with E-state index in [2.05, 4.69) is 37.0 Å². The van der Waals surface area contributed by atoms with Gasteiger partial charge in [-0.1, -0.05) is 21.1 Å². The van der Waals surface area contributed by atoms with Crippen molar-refractivity contribution in [2.75, 3.05) is 0 Å². The second-order valence-electron chi connectivity index (χ2n) is 2.95. The van der Waals surface area contributed by atoms with E-state index in [1.165, 1.54) is 6.07 Å². The number of benzene rings is 1. The lowest BCUT2D eigenvalue weighted by molar-refractivity contribution is 0.426. The third-order valence-corrected chi connectivity index (χ3v) is 3.08. The minimum atomic E-state index is -0.293. The first kappa shape index (κ1) is 10.8. The van der Waals surface area contributed by atoms with Crippen molar-refractivity contribution in [2.45, 2.75) is 5.33 Å². The van der Waals surface area contributed by atoms with E-state index in [9.17, 15) is 4.39 Å². The van der Waals surface area contributed by atoms with Crippen molar-refractivity contribution in [1.82, 2.24) is 5.16 Å². The SMILES string of the molecule is Fc1ccc(-c2cc(CBr)no2)cc1Br. The van der Waals surface area contributed by atoms with Crippen LogP contribution in [0.3, 0.4) is 0 Å². The molecule has 0 N–H and O–H groups in total. The third kappa shape index (κ3) is 2.29. The lowest BCUT2D eigenvalue weighted by atomic mass is 10.1. The molecule has 2 nitrogen and oxygen atoms in total. The normalized spacial score (nSPS) is 10.6. The highest BCUT2D eigenvalue weighted by atomic mass is 79.9. The molecule has 0 amide bonds. The van der Waals surface area contributed by atoms with Gasteiger partial charge in [0, 0.05) is 17.0 Å². The Kier molecular flexibility index (Phi) is 3.21. The second kappa shape index (κ2) is 4.45. The van der Waals surface area contributed by atoms with Gasteiger partial charge >= 0.3 is 0 Å². The fraction of sp³-hybridized carbons (Fsp3) is 0.100. The Morgan fingerprint density at radius 1 is 1.33 bits per heavy atom. The highest BCUT2D eigenvalue weighted by Gasteiger charge is 2.08. The number of halogens is 3. The van der Waals surface area contributed by atoms with Crippen molar-refractivity contribution >= 4 is 31.9 Å². The molecule has 0 bridgehead atoms. The number of nitrogens with zero attached hydrogens (tertiary/aromatic N) is 1. The van der Waals surface area contributed by atoms with E-state index < -0.39 is 0 Å². The van der Waals surface area contributed by atoms with Gasteiger partial charge in [0.2, 0.25) is 0 Å². The summed E-state index contributed by atoms with van der Waals surface area (Å²) >= 11 is 6.40. The van der Waals surface area contributed by atoms with Gasteiger partial charge in [-0.25, -0.2) is 4.39 Å². The van der Waals surface area contributed by atoms with E-state index in [0.29, 0.717) is 15.6 Å². The van der Waals surface area contributed by atoms with Crippen molar-refractivity contribution in [3.63, 3.8) is 0 Å². The molecular formula is C10H6Br2FNO. The molecule has 5 heteroatoms. The lowest BCUT2D eigenvalue weighted by Crippen LogP contribution is -1.79. The largest absolute Gasteiger partial charge is 0.356 e. The highest BCUT2D eigenvalue weighted by molar-refractivity contribution is 9.10. The average molecular weight is 335 g/mol. The fourth-order valence-corrected chi connectivity index (χ4v) is 1.80. The van der Waals surface area contributed by atoms with E-state index in [-0.39, 0.29) is 5.82 Å². The Balaban J connectivity index is 2.40. The lowest BCUT2D eigenvalue weighted by Gasteiger charge is -1.97. The monoisotopic (exact) mass is 333 g/mol. The van der Waals surface area contributed by atoms with Crippen LogP contribution in [-0.4, -0.2) is 5.16 Å². The Hall–Kier alpha value is -0.680. The first-order chi connectivity index (χ1) is 7.20. The molecule has 0 aliphatic heterocycles. The van der Waals surface area contributed by atoms with Gasteiger partial charge in [0.25, 0.3) is 0 Å². The third-order valence-electron chi connectivity index (χ3n) is 1.90. The molecule has 2 rings (SSSR count).